The number of aryl methyl sites for hydroxylation is 2. The van der Waals surface area contributed by atoms with Crippen LogP contribution < -0.4 is 5.32 Å². The van der Waals surface area contributed by atoms with Gasteiger partial charge in [0, 0.05) is 25.2 Å². The van der Waals surface area contributed by atoms with Gasteiger partial charge in [0.25, 0.3) is 0 Å². The third-order valence-electron chi connectivity index (χ3n) is 5.10. The first-order chi connectivity index (χ1) is 13.4. The first-order valence-electron chi connectivity index (χ1n) is 9.91. The van der Waals surface area contributed by atoms with Crippen LogP contribution in [0, 0.1) is 6.92 Å². The summed E-state index contributed by atoms with van der Waals surface area (Å²) in [6.07, 6.45) is 4.96. The van der Waals surface area contributed by atoms with Crippen LogP contribution in [0.2, 0.25) is 0 Å². The second-order valence-corrected chi connectivity index (χ2v) is 9.31. The molecule has 5 nitrogen and oxygen atoms in total. The zero-order chi connectivity index (χ0) is 20.0. The molecule has 0 radical (unpaired) electrons. The Morgan fingerprint density at radius 2 is 1.54 bits per heavy atom. The third-order valence-corrected chi connectivity index (χ3v) is 7.02. The van der Waals surface area contributed by atoms with Gasteiger partial charge in [0.2, 0.25) is 15.9 Å². The molecule has 1 amide bonds. The average Bonchev–Trinajstić information content (AvgIpc) is 2.99. The Labute approximate surface area is 167 Å². The van der Waals surface area contributed by atoms with Gasteiger partial charge in [-0.25, -0.2) is 8.42 Å². The van der Waals surface area contributed by atoms with Crippen molar-refractivity contribution in [1.82, 2.24) is 4.31 Å². The van der Waals surface area contributed by atoms with Crippen LogP contribution >= 0.6 is 0 Å². The van der Waals surface area contributed by atoms with Crippen LogP contribution in [0.5, 0.6) is 0 Å². The molecule has 150 valence electrons. The summed E-state index contributed by atoms with van der Waals surface area (Å²) in [6.45, 7) is 3.20. The Kier molecular flexibility index (Phi) is 6.86. The molecule has 28 heavy (non-hydrogen) atoms. The van der Waals surface area contributed by atoms with E-state index in [4.69, 9.17) is 0 Å². The summed E-state index contributed by atoms with van der Waals surface area (Å²) in [7, 11) is -3.42. The molecule has 2 aromatic rings. The number of hydrogen-bond donors (Lipinski definition) is 1. The summed E-state index contributed by atoms with van der Waals surface area (Å²) in [5.41, 5.74) is 2.89. The summed E-state index contributed by atoms with van der Waals surface area (Å²) in [5, 5.41) is 2.88. The largest absolute Gasteiger partial charge is 0.326 e. The average molecular weight is 401 g/mol. The number of benzene rings is 2. The van der Waals surface area contributed by atoms with Crippen LogP contribution in [0.3, 0.4) is 0 Å². The van der Waals surface area contributed by atoms with Crippen LogP contribution in [0.4, 0.5) is 5.69 Å². The highest BCUT2D eigenvalue weighted by Gasteiger charge is 2.24. The Morgan fingerprint density at radius 1 is 0.929 bits per heavy atom. The van der Waals surface area contributed by atoms with Gasteiger partial charge >= 0.3 is 0 Å². The molecule has 1 aliphatic rings. The molecule has 1 N–H and O–H groups in total. The summed E-state index contributed by atoms with van der Waals surface area (Å²) < 4.78 is 27.2. The first-order valence-corrected chi connectivity index (χ1v) is 11.3. The van der Waals surface area contributed by atoms with Gasteiger partial charge < -0.3 is 5.32 Å². The van der Waals surface area contributed by atoms with E-state index in [9.17, 15) is 13.2 Å². The van der Waals surface area contributed by atoms with E-state index in [0.717, 1.165) is 42.5 Å². The van der Waals surface area contributed by atoms with Crippen molar-refractivity contribution in [3.05, 3.63) is 59.7 Å². The second kappa shape index (κ2) is 9.34. The van der Waals surface area contributed by atoms with Crippen LogP contribution in [-0.4, -0.2) is 31.7 Å². The lowest BCUT2D eigenvalue weighted by atomic mass is 10.1. The lowest BCUT2D eigenvalue weighted by Crippen LogP contribution is -2.31. The van der Waals surface area contributed by atoms with Crippen LogP contribution in [-0.2, 0) is 21.2 Å². The fourth-order valence-electron chi connectivity index (χ4n) is 3.38. The second-order valence-electron chi connectivity index (χ2n) is 7.38. The molecule has 0 aromatic heterocycles. The highest BCUT2D eigenvalue weighted by Crippen LogP contribution is 2.21. The van der Waals surface area contributed by atoms with Crippen molar-refractivity contribution in [2.45, 2.75) is 50.3 Å². The molecule has 3 rings (SSSR count). The number of amides is 1. The fraction of sp³-hybridized carbons (Fsp3) is 0.409. The predicted octanol–water partition coefficient (Wildman–Crippen LogP) is 4.13. The van der Waals surface area contributed by atoms with Crippen molar-refractivity contribution < 1.29 is 13.2 Å². The molecule has 1 fully saturated rings. The van der Waals surface area contributed by atoms with E-state index in [2.05, 4.69) is 5.32 Å². The van der Waals surface area contributed by atoms with Gasteiger partial charge in [-0.1, -0.05) is 42.7 Å². The summed E-state index contributed by atoms with van der Waals surface area (Å²) in [6, 6.07) is 14.6. The number of carbonyl (C=O) groups excluding carboxylic acids is 1. The van der Waals surface area contributed by atoms with Crippen LogP contribution in [0.25, 0.3) is 0 Å². The van der Waals surface area contributed by atoms with E-state index in [-0.39, 0.29) is 5.91 Å². The molecule has 0 atom stereocenters. The molecular weight excluding hydrogens is 372 g/mol. The van der Waals surface area contributed by atoms with Crippen molar-refractivity contribution in [2.24, 2.45) is 0 Å². The molecule has 1 aliphatic heterocycles. The number of rotatable bonds is 6. The molecular formula is C22H28N2O3S. The van der Waals surface area contributed by atoms with Gasteiger partial charge in [0.05, 0.1) is 4.90 Å². The number of nitrogens with one attached hydrogen (secondary N) is 1. The normalized spacial score (nSPS) is 15.8. The summed E-state index contributed by atoms with van der Waals surface area (Å²) in [4.78, 5) is 12.5. The van der Waals surface area contributed by atoms with Gasteiger partial charge in [-0.3, -0.25) is 4.79 Å². The van der Waals surface area contributed by atoms with E-state index >= 15 is 0 Å². The number of carbonyl (C=O) groups is 1. The summed E-state index contributed by atoms with van der Waals surface area (Å²) in [5.74, 6) is -0.0508. The maximum absolute atomic E-state index is 12.8. The topological polar surface area (TPSA) is 66.5 Å². The Bertz CT molecular complexity index is 882. The third kappa shape index (κ3) is 5.42. The number of nitrogens with zero attached hydrogens (tertiary/aromatic N) is 1. The van der Waals surface area contributed by atoms with Crippen molar-refractivity contribution in [3.63, 3.8) is 0 Å². The maximum Gasteiger partial charge on any atom is 0.243 e. The Balaban J connectivity index is 1.56. The zero-order valence-electron chi connectivity index (χ0n) is 16.4. The SMILES string of the molecule is Cc1ccc(NC(=O)CCc2ccc(S(=O)(=O)N3CCCCCC3)cc2)cc1. The van der Waals surface area contributed by atoms with Gasteiger partial charge in [-0.15, -0.1) is 0 Å². The van der Waals surface area contributed by atoms with E-state index in [1.54, 1.807) is 16.4 Å². The van der Waals surface area contributed by atoms with E-state index in [1.165, 1.54) is 0 Å². The predicted molar refractivity (Wildman–Crippen MR) is 112 cm³/mol. The smallest absolute Gasteiger partial charge is 0.243 e. The molecule has 0 bridgehead atoms. The number of sulfonamides is 1. The molecule has 0 saturated carbocycles. The van der Waals surface area contributed by atoms with Crippen LogP contribution in [0.1, 0.15) is 43.2 Å². The number of hydrogen-bond acceptors (Lipinski definition) is 3. The van der Waals surface area contributed by atoms with E-state index in [1.807, 2.05) is 43.3 Å². The highest BCUT2D eigenvalue weighted by molar-refractivity contribution is 7.89. The van der Waals surface area contributed by atoms with Gasteiger partial charge in [-0.05, 0) is 56.0 Å². The highest BCUT2D eigenvalue weighted by atomic mass is 32.2. The van der Waals surface area contributed by atoms with Gasteiger partial charge in [0.15, 0.2) is 0 Å². The monoisotopic (exact) mass is 400 g/mol. The lowest BCUT2D eigenvalue weighted by molar-refractivity contribution is -0.116. The zero-order valence-corrected chi connectivity index (χ0v) is 17.2. The Hall–Kier alpha value is -2.18. The number of anilines is 1. The van der Waals surface area contributed by atoms with Crippen LogP contribution in [0.15, 0.2) is 53.4 Å². The Morgan fingerprint density at radius 3 is 2.14 bits per heavy atom. The minimum atomic E-state index is -3.42. The maximum atomic E-state index is 12.8. The molecule has 6 heteroatoms. The van der Waals surface area contributed by atoms with Gasteiger partial charge in [-0.2, -0.15) is 4.31 Å². The molecule has 0 spiro atoms. The summed E-state index contributed by atoms with van der Waals surface area (Å²) >= 11 is 0. The molecule has 2 aromatic carbocycles. The van der Waals surface area contributed by atoms with Crippen molar-refractivity contribution in [1.29, 1.82) is 0 Å². The molecule has 0 aliphatic carbocycles. The van der Waals surface area contributed by atoms with E-state index < -0.39 is 10.0 Å². The lowest BCUT2D eigenvalue weighted by Gasteiger charge is -2.20. The quantitative estimate of drug-likeness (QED) is 0.793. The minimum Gasteiger partial charge on any atom is -0.326 e. The molecule has 0 unspecified atom stereocenters. The standard InChI is InChI=1S/C22H28N2O3S/c1-18-6-11-20(12-7-18)23-22(25)15-10-19-8-13-21(14-9-19)28(26,27)24-16-4-2-3-5-17-24/h6-9,11-14H,2-5,10,15-17H2,1H3,(H,23,25). The van der Waals surface area contributed by atoms with Crippen molar-refractivity contribution in [3.8, 4) is 0 Å². The fourth-order valence-corrected chi connectivity index (χ4v) is 4.89. The first kappa shape index (κ1) is 20.6. The molecule has 1 heterocycles. The minimum absolute atomic E-state index is 0.0508. The van der Waals surface area contributed by atoms with E-state index in [0.29, 0.717) is 30.8 Å². The van der Waals surface area contributed by atoms with Gasteiger partial charge in [0.1, 0.15) is 0 Å². The van der Waals surface area contributed by atoms with Crippen molar-refractivity contribution in [2.75, 3.05) is 18.4 Å². The van der Waals surface area contributed by atoms with Crippen molar-refractivity contribution >= 4 is 21.6 Å². The molecule has 1 saturated heterocycles.